The maximum atomic E-state index is 12.7. The summed E-state index contributed by atoms with van der Waals surface area (Å²) in [6, 6.07) is 11.9. The van der Waals surface area contributed by atoms with Crippen molar-refractivity contribution in [2.45, 2.75) is 30.9 Å². The summed E-state index contributed by atoms with van der Waals surface area (Å²) in [7, 11) is 0.167. The number of ether oxygens (including phenoxy) is 3. The summed E-state index contributed by atoms with van der Waals surface area (Å²) in [4.78, 5) is 2.16. The molecule has 0 saturated carbocycles. The lowest BCUT2D eigenvalue weighted by atomic mass is 10.1. The number of sulfonamides is 1. The second kappa shape index (κ2) is 8.38. The molecule has 0 spiro atoms. The van der Waals surface area contributed by atoms with E-state index in [0.29, 0.717) is 17.2 Å². The average molecular weight is 407 g/mol. The van der Waals surface area contributed by atoms with Gasteiger partial charge in [0.15, 0.2) is 11.5 Å². The van der Waals surface area contributed by atoms with Crippen molar-refractivity contribution >= 4 is 10.0 Å². The van der Waals surface area contributed by atoms with Crippen LogP contribution < -0.4 is 18.9 Å². The smallest absolute Gasteiger partial charge is 0.240 e. The summed E-state index contributed by atoms with van der Waals surface area (Å²) < 4.78 is 44.4. The van der Waals surface area contributed by atoms with Crippen LogP contribution in [0.2, 0.25) is 0 Å². The van der Waals surface area contributed by atoms with E-state index in [4.69, 9.17) is 14.2 Å². The van der Waals surface area contributed by atoms with Gasteiger partial charge < -0.3 is 19.1 Å². The molecule has 1 atom stereocenters. The van der Waals surface area contributed by atoms with Crippen molar-refractivity contribution in [3.8, 4) is 17.2 Å². The highest BCUT2D eigenvalue weighted by Gasteiger charge is 2.22. The molecule has 0 radical (unpaired) electrons. The van der Waals surface area contributed by atoms with E-state index in [1.807, 2.05) is 51.0 Å². The Morgan fingerprint density at radius 1 is 1.07 bits per heavy atom. The number of hydrogen-bond donors (Lipinski definition) is 1. The predicted octanol–water partition coefficient (Wildman–Crippen LogP) is 2.78. The minimum Gasteiger partial charge on any atom is -0.491 e. The molecule has 0 aliphatic carbocycles. The number of fused-ring (bicyclic) bond motifs is 1. The number of hydrogen-bond acceptors (Lipinski definition) is 6. The zero-order valence-electron chi connectivity index (χ0n) is 16.5. The van der Waals surface area contributed by atoms with Crippen LogP contribution >= 0.6 is 0 Å². The summed E-state index contributed by atoms with van der Waals surface area (Å²) in [6.07, 6.45) is 0.0307. The molecule has 2 aromatic carbocycles. The molecule has 1 aliphatic rings. The molecule has 3 rings (SSSR count). The van der Waals surface area contributed by atoms with Gasteiger partial charge in [-0.15, -0.1) is 0 Å². The van der Waals surface area contributed by atoms with E-state index in [1.165, 1.54) is 0 Å². The fourth-order valence-corrected chi connectivity index (χ4v) is 4.00. The van der Waals surface area contributed by atoms with Crippen LogP contribution in [-0.2, 0) is 10.0 Å². The zero-order chi connectivity index (χ0) is 20.3. The van der Waals surface area contributed by atoms with Crippen LogP contribution in [0.15, 0.2) is 47.4 Å². The molecular formula is C20H26N2O5S. The van der Waals surface area contributed by atoms with Gasteiger partial charge in [0.1, 0.15) is 5.75 Å². The first-order chi connectivity index (χ1) is 13.3. The van der Waals surface area contributed by atoms with E-state index >= 15 is 0 Å². The van der Waals surface area contributed by atoms with Gasteiger partial charge in [0.05, 0.1) is 11.0 Å². The molecule has 0 fully saturated rings. The van der Waals surface area contributed by atoms with Crippen LogP contribution in [0.4, 0.5) is 0 Å². The summed E-state index contributed by atoms with van der Waals surface area (Å²) in [5, 5.41) is 0. The van der Waals surface area contributed by atoms with Gasteiger partial charge in [-0.1, -0.05) is 6.07 Å². The summed E-state index contributed by atoms with van der Waals surface area (Å²) in [5.41, 5.74) is 0.942. The maximum Gasteiger partial charge on any atom is 0.240 e. The molecule has 0 saturated heterocycles. The Bertz CT molecular complexity index is 911. The Morgan fingerprint density at radius 2 is 1.75 bits per heavy atom. The van der Waals surface area contributed by atoms with Crippen molar-refractivity contribution in [2.75, 3.05) is 27.4 Å². The molecule has 7 nitrogen and oxygen atoms in total. The highest BCUT2D eigenvalue weighted by molar-refractivity contribution is 7.89. The van der Waals surface area contributed by atoms with Crippen LogP contribution in [0, 0.1) is 0 Å². The molecule has 8 heteroatoms. The molecule has 0 bridgehead atoms. The van der Waals surface area contributed by atoms with Gasteiger partial charge in [-0.2, -0.15) is 0 Å². The van der Waals surface area contributed by atoms with Crippen molar-refractivity contribution in [1.29, 1.82) is 0 Å². The molecule has 0 aromatic heterocycles. The molecule has 2 aromatic rings. The highest BCUT2D eigenvalue weighted by Crippen LogP contribution is 2.35. The van der Waals surface area contributed by atoms with Gasteiger partial charge in [-0.25, -0.2) is 13.1 Å². The van der Waals surface area contributed by atoms with Crippen molar-refractivity contribution in [1.82, 2.24) is 9.62 Å². The fourth-order valence-electron chi connectivity index (χ4n) is 2.96. The maximum absolute atomic E-state index is 12.7. The van der Waals surface area contributed by atoms with E-state index in [1.54, 1.807) is 24.3 Å². The number of nitrogens with zero attached hydrogens (tertiary/aromatic N) is 1. The normalized spacial score (nSPS) is 14.5. The summed E-state index contributed by atoms with van der Waals surface area (Å²) >= 11 is 0. The van der Waals surface area contributed by atoms with Gasteiger partial charge >= 0.3 is 0 Å². The topological polar surface area (TPSA) is 77.1 Å². The van der Waals surface area contributed by atoms with Crippen LogP contribution in [0.5, 0.6) is 17.2 Å². The first kappa shape index (κ1) is 20.4. The number of rotatable bonds is 8. The van der Waals surface area contributed by atoms with E-state index in [9.17, 15) is 8.42 Å². The van der Waals surface area contributed by atoms with Gasteiger partial charge in [0.25, 0.3) is 0 Å². The molecule has 0 unspecified atom stereocenters. The summed E-state index contributed by atoms with van der Waals surface area (Å²) in [5.74, 6) is 2.01. The molecule has 1 N–H and O–H groups in total. The molecule has 0 amide bonds. The number of nitrogens with one attached hydrogen (secondary N) is 1. The third kappa shape index (κ3) is 4.76. The third-order valence-electron chi connectivity index (χ3n) is 4.38. The Morgan fingerprint density at radius 3 is 2.39 bits per heavy atom. The summed E-state index contributed by atoms with van der Waals surface area (Å²) in [6.45, 7) is 4.27. The van der Waals surface area contributed by atoms with E-state index < -0.39 is 10.0 Å². The van der Waals surface area contributed by atoms with Crippen molar-refractivity contribution in [2.24, 2.45) is 0 Å². The van der Waals surface area contributed by atoms with Crippen LogP contribution in [0.25, 0.3) is 0 Å². The lowest BCUT2D eigenvalue weighted by Gasteiger charge is -2.25. The largest absolute Gasteiger partial charge is 0.491 e. The molecular weight excluding hydrogens is 380 g/mol. The minimum absolute atomic E-state index is 0.0307. The first-order valence-electron chi connectivity index (χ1n) is 9.08. The SMILES string of the molecule is CC(C)Oc1ccc(S(=O)(=O)NC[C@H](c2ccc3c(c2)OCO3)N(C)C)cc1. The van der Waals surface area contributed by atoms with Gasteiger partial charge in [-0.3, -0.25) is 0 Å². The Hall–Kier alpha value is -2.29. The number of benzene rings is 2. The Balaban J connectivity index is 1.72. The van der Waals surface area contributed by atoms with E-state index in [2.05, 4.69) is 4.72 Å². The van der Waals surface area contributed by atoms with Crippen LogP contribution in [0.1, 0.15) is 25.5 Å². The van der Waals surface area contributed by atoms with E-state index in [0.717, 1.165) is 5.56 Å². The standard InChI is InChI=1S/C20H26N2O5S/c1-14(2)27-16-6-8-17(9-7-16)28(23,24)21-12-18(22(3)4)15-5-10-19-20(11-15)26-13-25-19/h5-11,14,18,21H,12-13H2,1-4H3/t18-/m1/s1. The second-order valence-corrected chi connectivity index (χ2v) is 8.85. The monoisotopic (exact) mass is 406 g/mol. The molecule has 1 aliphatic heterocycles. The number of likely N-dealkylation sites (N-methyl/N-ethyl adjacent to an activating group) is 1. The second-order valence-electron chi connectivity index (χ2n) is 7.08. The van der Waals surface area contributed by atoms with Gasteiger partial charge in [0.2, 0.25) is 16.8 Å². The highest BCUT2D eigenvalue weighted by atomic mass is 32.2. The minimum atomic E-state index is -3.64. The van der Waals surface area contributed by atoms with Gasteiger partial charge in [0, 0.05) is 12.6 Å². The van der Waals surface area contributed by atoms with E-state index in [-0.39, 0.29) is 30.4 Å². The lowest BCUT2D eigenvalue weighted by molar-refractivity contribution is 0.174. The van der Waals surface area contributed by atoms with Crippen molar-refractivity contribution in [3.63, 3.8) is 0 Å². The first-order valence-corrected chi connectivity index (χ1v) is 10.6. The predicted molar refractivity (Wildman–Crippen MR) is 106 cm³/mol. The molecule has 28 heavy (non-hydrogen) atoms. The quantitative estimate of drug-likeness (QED) is 0.726. The Labute approximate surface area is 166 Å². The average Bonchev–Trinajstić information content (AvgIpc) is 3.09. The lowest BCUT2D eigenvalue weighted by Crippen LogP contribution is -2.34. The molecule has 1 heterocycles. The van der Waals surface area contributed by atoms with Crippen molar-refractivity contribution < 1.29 is 22.6 Å². The zero-order valence-corrected chi connectivity index (χ0v) is 17.3. The molecule has 152 valence electrons. The fraction of sp³-hybridized carbons (Fsp3) is 0.400. The van der Waals surface area contributed by atoms with Gasteiger partial charge in [-0.05, 0) is 69.9 Å². The third-order valence-corrected chi connectivity index (χ3v) is 5.82. The van der Waals surface area contributed by atoms with Crippen molar-refractivity contribution in [3.05, 3.63) is 48.0 Å². The van der Waals surface area contributed by atoms with Crippen LogP contribution in [-0.4, -0.2) is 46.9 Å². The van der Waals surface area contributed by atoms with Crippen LogP contribution in [0.3, 0.4) is 0 Å². The Kier molecular flexibility index (Phi) is 6.12.